The molecular formula is C25H22ClN3O5S. The maximum absolute atomic E-state index is 13.1. The van der Waals surface area contributed by atoms with E-state index in [0.29, 0.717) is 28.5 Å². The number of aromatic nitrogens is 2. The molecule has 1 heterocycles. The van der Waals surface area contributed by atoms with Gasteiger partial charge in [-0.05, 0) is 47.5 Å². The van der Waals surface area contributed by atoms with Gasteiger partial charge in [0, 0.05) is 5.02 Å². The molecule has 0 aliphatic heterocycles. The molecule has 35 heavy (non-hydrogen) atoms. The van der Waals surface area contributed by atoms with Gasteiger partial charge in [-0.3, -0.25) is 4.72 Å². The topological polar surface area (TPSA) is 111 Å². The summed E-state index contributed by atoms with van der Waals surface area (Å²) in [6, 6.07) is 22.5. The lowest BCUT2D eigenvalue weighted by Crippen LogP contribution is -2.16. The van der Waals surface area contributed by atoms with E-state index < -0.39 is 10.0 Å². The molecule has 0 aliphatic carbocycles. The fraction of sp³-hybridized carbons (Fsp3) is 0.120. The van der Waals surface area contributed by atoms with Gasteiger partial charge in [-0.25, -0.2) is 18.4 Å². The number of ether oxygens (including phenoxy) is 2. The summed E-state index contributed by atoms with van der Waals surface area (Å²) >= 11 is 6.00. The molecule has 0 bridgehead atoms. The molecule has 0 atom stereocenters. The van der Waals surface area contributed by atoms with Gasteiger partial charge in [-0.15, -0.1) is 0 Å². The van der Waals surface area contributed by atoms with Crippen LogP contribution in [0.3, 0.4) is 0 Å². The smallest absolute Gasteiger partial charge is 0.263 e. The number of aliphatic hydroxyl groups excluding tert-OH is 1. The molecule has 0 saturated heterocycles. The number of anilines is 1. The summed E-state index contributed by atoms with van der Waals surface area (Å²) in [5.74, 6) is 0.690. The van der Waals surface area contributed by atoms with Gasteiger partial charge in [-0.1, -0.05) is 54.1 Å². The first-order valence-corrected chi connectivity index (χ1v) is 12.5. The highest BCUT2D eigenvalue weighted by Crippen LogP contribution is 2.35. The quantitative estimate of drug-likeness (QED) is 0.321. The van der Waals surface area contributed by atoms with Crippen LogP contribution < -0.4 is 14.2 Å². The van der Waals surface area contributed by atoms with E-state index in [-0.39, 0.29) is 29.8 Å². The highest BCUT2D eigenvalue weighted by atomic mass is 35.5. The van der Waals surface area contributed by atoms with E-state index in [1.54, 1.807) is 36.4 Å². The van der Waals surface area contributed by atoms with E-state index in [2.05, 4.69) is 14.7 Å². The Kier molecular flexibility index (Phi) is 7.81. The third-order valence-electron chi connectivity index (χ3n) is 4.89. The number of nitrogens with one attached hydrogen (secondary N) is 1. The SMILES string of the molecule is O=S(=O)(Nc1ncnc(OCCO)c1-c1ccc(Cl)cc1)c1ccc(OCc2ccccc2)cc1. The van der Waals surface area contributed by atoms with Crippen LogP contribution in [0.5, 0.6) is 11.6 Å². The van der Waals surface area contributed by atoms with Crippen LogP contribution in [-0.4, -0.2) is 36.7 Å². The van der Waals surface area contributed by atoms with Crippen molar-refractivity contribution < 1.29 is 23.0 Å². The van der Waals surface area contributed by atoms with E-state index in [1.165, 1.54) is 18.5 Å². The molecule has 1 aromatic heterocycles. The van der Waals surface area contributed by atoms with Crippen LogP contribution in [-0.2, 0) is 16.6 Å². The van der Waals surface area contributed by atoms with Crippen LogP contribution >= 0.6 is 11.6 Å². The summed E-state index contributed by atoms with van der Waals surface area (Å²) in [6.07, 6.45) is 1.19. The van der Waals surface area contributed by atoms with E-state index >= 15 is 0 Å². The Morgan fingerprint density at radius 3 is 2.29 bits per heavy atom. The minimum absolute atomic E-state index is 0.0196. The van der Waals surface area contributed by atoms with Crippen LogP contribution in [0.4, 0.5) is 5.82 Å². The number of sulfonamides is 1. The van der Waals surface area contributed by atoms with E-state index in [4.69, 9.17) is 26.2 Å². The van der Waals surface area contributed by atoms with Crippen molar-refractivity contribution in [2.75, 3.05) is 17.9 Å². The molecule has 4 rings (SSSR count). The summed E-state index contributed by atoms with van der Waals surface area (Å²) in [5, 5.41) is 9.66. The number of benzene rings is 3. The van der Waals surface area contributed by atoms with Gasteiger partial charge in [0.05, 0.1) is 17.1 Å². The Labute approximate surface area is 208 Å². The molecule has 0 fully saturated rings. The van der Waals surface area contributed by atoms with Crippen molar-refractivity contribution in [1.29, 1.82) is 0 Å². The fourth-order valence-corrected chi connectivity index (χ4v) is 4.36. The molecule has 0 aliphatic rings. The van der Waals surface area contributed by atoms with Crippen molar-refractivity contribution in [2.24, 2.45) is 0 Å². The molecule has 8 nitrogen and oxygen atoms in total. The third-order valence-corrected chi connectivity index (χ3v) is 6.50. The number of rotatable bonds is 10. The predicted octanol–water partition coefficient (Wildman–Crippen LogP) is 4.55. The van der Waals surface area contributed by atoms with Crippen molar-refractivity contribution in [3.63, 3.8) is 0 Å². The molecule has 0 amide bonds. The maximum Gasteiger partial charge on any atom is 0.263 e. The normalized spacial score (nSPS) is 11.1. The van der Waals surface area contributed by atoms with Crippen molar-refractivity contribution in [3.8, 4) is 22.8 Å². The average Bonchev–Trinajstić information content (AvgIpc) is 2.88. The highest BCUT2D eigenvalue weighted by Gasteiger charge is 2.21. The first-order chi connectivity index (χ1) is 17.0. The summed E-state index contributed by atoms with van der Waals surface area (Å²) in [5.41, 5.74) is 1.91. The van der Waals surface area contributed by atoms with Crippen molar-refractivity contribution in [2.45, 2.75) is 11.5 Å². The molecule has 4 aromatic rings. The standard InChI is InChI=1S/C25H22ClN3O5S/c26-20-8-6-19(7-9-20)23-24(27-17-28-25(23)33-15-14-30)29-35(31,32)22-12-10-21(11-13-22)34-16-18-4-2-1-3-5-18/h1-13,17,30H,14-16H2,(H,27,28,29). The van der Waals surface area contributed by atoms with Crippen LogP contribution in [0.2, 0.25) is 5.02 Å². The van der Waals surface area contributed by atoms with Crippen LogP contribution in [0.15, 0.2) is 90.1 Å². The summed E-state index contributed by atoms with van der Waals surface area (Å²) < 4.78 is 40.1. The Hall–Kier alpha value is -3.66. The van der Waals surface area contributed by atoms with Gasteiger partial charge in [-0.2, -0.15) is 0 Å². The van der Waals surface area contributed by atoms with Crippen molar-refractivity contribution >= 4 is 27.4 Å². The van der Waals surface area contributed by atoms with Gasteiger partial charge in [0.15, 0.2) is 5.82 Å². The Bertz CT molecular complexity index is 1370. The van der Waals surface area contributed by atoms with Gasteiger partial charge >= 0.3 is 0 Å². The van der Waals surface area contributed by atoms with Crippen molar-refractivity contribution in [1.82, 2.24) is 9.97 Å². The summed E-state index contributed by atoms with van der Waals surface area (Å²) in [7, 11) is -4.00. The minimum Gasteiger partial charge on any atom is -0.489 e. The van der Waals surface area contributed by atoms with E-state index in [9.17, 15) is 8.42 Å². The first-order valence-electron chi connectivity index (χ1n) is 10.6. The Morgan fingerprint density at radius 2 is 1.60 bits per heavy atom. The second-order valence-corrected chi connectivity index (χ2v) is 9.45. The van der Waals surface area contributed by atoms with Crippen LogP contribution in [0.1, 0.15) is 5.56 Å². The highest BCUT2D eigenvalue weighted by molar-refractivity contribution is 7.92. The monoisotopic (exact) mass is 511 g/mol. The molecule has 3 aromatic carbocycles. The van der Waals surface area contributed by atoms with Crippen LogP contribution in [0, 0.1) is 0 Å². The number of halogens is 1. The lowest BCUT2D eigenvalue weighted by Gasteiger charge is -2.15. The number of hydrogen-bond donors (Lipinski definition) is 2. The minimum atomic E-state index is -4.00. The zero-order chi connectivity index (χ0) is 24.7. The zero-order valence-corrected chi connectivity index (χ0v) is 20.0. The largest absolute Gasteiger partial charge is 0.489 e. The van der Waals surface area contributed by atoms with Gasteiger partial charge < -0.3 is 14.6 Å². The first kappa shape index (κ1) is 24.5. The van der Waals surface area contributed by atoms with E-state index in [0.717, 1.165) is 5.56 Å². The molecule has 2 N–H and O–H groups in total. The second kappa shape index (κ2) is 11.2. The number of aliphatic hydroxyl groups is 1. The van der Waals surface area contributed by atoms with Gasteiger partial charge in [0.2, 0.25) is 5.88 Å². The Balaban J connectivity index is 1.58. The predicted molar refractivity (Wildman–Crippen MR) is 133 cm³/mol. The summed E-state index contributed by atoms with van der Waals surface area (Å²) in [4.78, 5) is 8.27. The van der Waals surface area contributed by atoms with Crippen molar-refractivity contribution in [3.05, 3.63) is 95.8 Å². The second-order valence-electron chi connectivity index (χ2n) is 7.33. The lowest BCUT2D eigenvalue weighted by atomic mass is 10.1. The van der Waals surface area contributed by atoms with Crippen LogP contribution in [0.25, 0.3) is 11.1 Å². The molecule has 0 unspecified atom stereocenters. The van der Waals surface area contributed by atoms with Gasteiger partial charge in [0.25, 0.3) is 10.0 Å². The molecule has 0 saturated carbocycles. The molecule has 10 heteroatoms. The number of nitrogens with zero attached hydrogens (tertiary/aromatic N) is 2. The summed E-state index contributed by atoms with van der Waals surface area (Å²) in [6.45, 7) is 0.116. The molecule has 0 spiro atoms. The maximum atomic E-state index is 13.1. The third kappa shape index (κ3) is 6.27. The van der Waals surface area contributed by atoms with Gasteiger partial charge in [0.1, 0.15) is 25.3 Å². The fourth-order valence-electron chi connectivity index (χ4n) is 3.22. The van der Waals surface area contributed by atoms with E-state index in [1.807, 2.05) is 30.3 Å². The Morgan fingerprint density at radius 1 is 0.886 bits per heavy atom. The number of hydrogen-bond acceptors (Lipinski definition) is 7. The average molecular weight is 512 g/mol. The lowest BCUT2D eigenvalue weighted by molar-refractivity contribution is 0.197. The molecular weight excluding hydrogens is 490 g/mol. The molecule has 0 radical (unpaired) electrons. The molecule has 180 valence electrons. The zero-order valence-electron chi connectivity index (χ0n) is 18.5.